The minimum atomic E-state index is -4.68. The molecule has 0 radical (unpaired) electrons. The average Bonchev–Trinajstić information content (AvgIpc) is 2.55. The summed E-state index contributed by atoms with van der Waals surface area (Å²) in [6, 6.07) is 6.11. The second-order valence-electron chi connectivity index (χ2n) is 6.15. The number of rotatable bonds is 7. The summed E-state index contributed by atoms with van der Waals surface area (Å²) >= 11 is 0. The van der Waals surface area contributed by atoms with Gasteiger partial charge >= 0.3 is 6.36 Å². The third-order valence-electron chi connectivity index (χ3n) is 4.17. The van der Waals surface area contributed by atoms with Crippen molar-refractivity contribution in [1.82, 2.24) is 15.5 Å². The second kappa shape index (κ2) is 10.6. The molecule has 1 aromatic rings. The van der Waals surface area contributed by atoms with Crippen molar-refractivity contribution in [2.75, 3.05) is 33.2 Å². The summed E-state index contributed by atoms with van der Waals surface area (Å²) in [5.74, 6) is -0.279. The molecule has 1 atom stereocenters. The van der Waals surface area contributed by atoms with Crippen molar-refractivity contribution in [1.29, 1.82) is 0 Å². The van der Waals surface area contributed by atoms with Gasteiger partial charge in [0.2, 0.25) is 5.91 Å². The van der Waals surface area contributed by atoms with E-state index in [2.05, 4.69) is 20.3 Å². The number of alkyl halides is 3. The van der Waals surface area contributed by atoms with E-state index in [0.29, 0.717) is 25.6 Å². The minimum absolute atomic E-state index is 0. The number of likely N-dealkylation sites (tertiary alicyclic amines) is 1. The Morgan fingerprint density at radius 3 is 2.62 bits per heavy atom. The van der Waals surface area contributed by atoms with E-state index in [1.54, 1.807) is 12.1 Å². The van der Waals surface area contributed by atoms with E-state index in [-0.39, 0.29) is 24.1 Å². The molecule has 2 rings (SSSR count). The Morgan fingerprint density at radius 2 is 2.00 bits per heavy atom. The monoisotopic (exact) mass is 395 g/mol. The first kappa shape index (κ1) is 22.5. The van der Waals surface area contributed by atoms with E-state index < -0.39 is 6.36 Å². The van der Waals surface area contributed by atoms with Crippen LogP contribution in [-0.4, -0.2) is 56.4 Å². The number of nitrogens with one attached hydrogen (secondary N) is 2. The molecular formula is C17H25ClF3N3O2. The first-order valence-electron chi connectivity index (χ1n) is 8.37. The SMILES string of the molecule is CNC1CCCN(CC(=O)NCCc2ccc(OC(F)(F)F)cc2)C1.Cl. The van der Waals surface area contributed by atoms with Gasteiger partial charge in [-0.05, 0) is 50.6 Å². The van der Waals surface area contributed by atoms with Crippen LogP contribution in [0.3, 0.4) is 0 Å². The van der Waals surface area contributed by atoms with Crippen LogP contribution in [0.15, 0.2) is 24.3 Å². The molecule has 2 N–H and O–H groups in total. The number of carbonyl (C=O) groups excluding carboxylic acids is 1. The van der Waals surface area contributed by atoms with Crippen LogP contribution in [0.1, 0.15) is 18.4 Å². The molecule has 1 amide bonds. The number of benzene rings is 1. The third kappa shape index (κ3) is 8.25. The van der Waals surface area contributed by atoms with Gasteiger partial charge in [-0.3, -0.25) is 9.69 Å². The lowest BCUT2D eigenvalue weighted by Crippen LogP contribution is -2.48. The van der Waals surface area contributed by atoms with E-state index in [0.717, 1.165) is 31.5 Å². The normalized spacial score (nSPS) is 18.1. The fraction of sp³-hybridized carbons (Fsp3) is 0.588. The molecule has 26 heavy (non-hydrogen) atoms. The quantitative estimate of drug-likeness (QED) is 0.744. The number of piperidine rings is 1. The lowest BCUT2D eigenvalue weighted by atomic mass is 10.1. The number of nitrogens with zero attached hydrogens (tertiary/aromatic N) is 1. The van der Waals surface area contributed by atoms with E-state index in [4.69, 9.17) is 0 Å². The van der Waals surface area contributed by atoms with E-state index in [1.807, 2.05) is 7.05 Å². The highest BCUT2D eigenvalue weighted by Crippen LogP contribution is 2.22. The fourth-order valence-electron chi connectivity index (χ4n) is 2.90. The van der Waals surface area contributed by atoms with Crippen molar-refractivity contribution < 1.29 is 22.7 Å². The maximum absolute atomic E-state index is 12.1. The van der Waals surface area contributed by atoms with Crippen molar-refractivity contribution in [2.24, 2.45) is 0 Å². The van der Waals surface area contributed by atoms with E-state index in [9.17, 15) is 18.0 Å². The van der Waals surface area contributed by atoms with Gasteiger partial charge in [0.1, 0.15) is 5.75 Å². The molecule has 1 saturated heterocycles. The Hall–Kier alpha value is -1.51. The molecule has 0 aromatic heterocycles. The molecule has 1 fully saturated rings. The standard InChI is InChI=1S/C17H24F3N3O2.ClH/c1-21-14-3-2-10-23(11-14)12-16(24)22-9-8-13-4-6-15(7-5-13)25-17(18,19)20;/h4-7,14,21H,2-3,8-12H2,1H3,(H,22,24);1H. The second-order valence-corrected chi connectivity index (χ2v) is 6.15. The molecule has 148 valence electrons. The van der Waals surface area contributed by atoms with E-state index in [1.165, 1.54) is 12.1 Å². The maximum atomic E-state index is 12.1. The van der Waals surface area contributed by atoms with Crippen LogP contribution < -0.4 is 15.4 Å². The van der Waals surface area contributed by atoms with Gasteiger partial charge in [0.05, 0.1) is 6.54 Å². The predicted octanol–water partition coefficient (Wildman–Crippen LogP) is 2.35. The Morgan fingerprint density at radius 1 is 1.31 bits per heavy atom. The van der Waals surface area contributed by atoms with Crippen molar-refractivity contribution in [2.45, 2.75) is 31.7 Å². The molecule has 9 heteroatoms. The average molecular weight is 396 g/mol. The van der Waals surface area contributed by atoms with Gasteiger partial charge < -0.3 is 15.4 Å². The predicted molar refractivity (Wildman–Crippen MR) is 95.6 cm³/mol. The Labute approximate surface area is 157 Å². The number of likely N-dealkylation sites (N-methyl/N-ethyl adjacent to an activating group) is 1. The van der Waals surface area contributed by atoms with Crippen LogP contribution in [0.2, 0.25) is 0 Å². The zero-order chi connectivity index (χ0) is 18.3. The van der Waals surface area contributed by atoms with Gasteiger partial charge in [0.25, 0.3) is 0 Å². The van der Waals surface area contributed by atoms with Crippen LogP contribution >= 0.6 is 12.4 Å². The molecule has 1 heterocycles. The number of hydrogen-bond donors (Lipinski definition) is 2. The molecule has 0 spiro atoms. The molecule has 0 saturated carbocycles. The summed E-state index contributed by atoms with van der Waals surface area (Å²) in [5, 5.41) is 6.09. The van der Waals surface area contributed by atoms with Crippen LogP contribution in [0.4, 0.5) is 13.2 Å². The molecule has 1 aliphatic rings. The van der Waals surface area contributed by atoms with Crippen LogP contribution in [-0.2, 0) is 11.2 Å². The lowest BCUT2D eigenvalue weighted by Gasteiger charge is -2.31. The first-order chi connectivity index (χ1) is 11.9. The first-order valence-corrected chi connectivity index (χ1v) is 8.37. The van der Waals surface area contributed by atoms with Gasteiger partial charge in [-0.2, -0.15) is 0 Å². The van der Waals surface area contributed by atoms with Crippen LogP contribution in [0.5, 0.6) is 5.75 Å². The highest BCUT2D eigenvalue weighted by Gasteiger charge is 2.30. The van der Waals surface area contributed by atoms with Crippen molar-refractivity contribution in [3.05, 3.63) is 29.8 Å². The summed E-state index contributed by atoms with van der Waals surface area (Å²) in [5.41, 5.74) is 0.836. The molecule has 1 aromatic carbocycles. The molecule has 5 nitrogen and oxygen atoms in total. The maximum Gasteiger partial charge on any atom is 0.573 e. The Balaban J connectivity index is 0.00000338. The van der Waals surface area contributed by atoms with Gasteiger partial charge in [0.15, 0.2) is 0 Å². The van der Waals surface area contributed by atoms with Crippen molar-refractivity contribution in [3.8, 4) is 5.75 Å². The van der Waals surface area contributed by atoms with Gasteiger partial charge in [-0.1, -0.05) is 12.1 Å². The third-order valence-corrected chi connectivity index (χ3v) is 4.17. The zero-order valence-electron chi connectivity index (χ0n) is 14.6. The lowest BCUT2D eigenvalue weighted by molar-refractivity contribution is -0.274. The number of hydrogen-bond acceptors (Lipinski definition) is 4. The zero-order valence-corrected chi connectivity index (χ0v) is 15.5. The number of halogens is 4. The summed E-state index contributed by atoms with van der Waals surface area (Å²) in [6.07, 6.45) is -1.93. The molecule has 0 aliphatic carbocycles. The number of amides is 1. The summed E-state index contributed by atoms with van der Waals surface area (Å²) in [7, 11) is 1.93. The Bertz CT molecular complexity index is 555. The number of ether oxygens (including phenoxy) is 1. The van der Waals surface area contributed by atoms with Gasteiger partial charge in [-0.15, -0.1) is 25.6 Å². The molecular weight excluding hydrogens is 371 g/mol. The highest BCUT2D eigenvalue weighted by molar-refractivity contribution is 5.85. The van der Waals surface area contributed by atoms with Crippen LogP contribution in [0.25, 0.3) is 0 Å². The van der Waals surface area contributed by atoms with Crippen molar-refractivity contribution >= 4 is 18.3 Å². The van der Waals surface area contributed by atoms with Crippen LogP contribution in [0, 0.1) is 0 Å². The summed E-state index contributed by atoms with van der Waals surface area (Å²) < 4.78 is 40.1. The highest BCUT2D eigenvalue weighted by atomic mass is 35.5. The van der Waals surface area contributed by atoms with Gasteiger partial charge in [-0.25, -0.2) is 0 Å². The van der Waals surface area contributed by atoms with E-state index >= 15 is 0 Å². The number of carbonyl (C=O) groups is 1. The largest absolute Gasteiger partial charge is 0.573 e. The fourth-order valence-corrected chi connectivity index (χ4v) is 2.90. The minimum Gasteiger partial charge on any atom is -0.406 e. The van der Waals surface area contributed by atoms with Gasteiger partial charge in [0, 0.05) is 19.1 Å². The molecule has 1 aliphatic heterocycles. The molecule has 1 unspecified atom stereocenters. The van der Waals surface area contributed by atoms with Crippen molar-refractivity contribution in [3.63, 3.8) is 0 Å². The summed E-state index contributed by atoms with van der Waals surface area (Å²) in [4.78, 5) is 14.1. The smallest absolute Gasteiger partial charge is 0.406 e. The Kier molecular flexibility index (Phi) is 9.18. The topological polar surface area (TPSA) is 53.6 Å². The summed E-state index contributed by atoms with van der Waals surface area (Å²) in [6.45, 7) is 2.61. The molecule has 0 bridgehead atoms.